The van der Waals surface area contributed by atoms with E-state index < -0.39 is 5.97 Å². The van der Waals surface area contributed by atoms with Gasteiger partial charge in [-0.3, -0.25) is 0 Å². The molecule has 0 saturated heterocycles. The van der Waals surface area contributed by atoms with E-state index in [9.17, 15) is 4.79 Å². The Balaban J connectivity index is 2.69. The van der Waals surface area contributed by atoms with E-state index in [1.165, 1.54) is 5.38 Å². The van der Waals surface area contributed by atoms with Crippen molar-refractivity contribution in [3.8, 4) is 5.88 Å². The molecule has 0 unspecified atom stereocenters. The second-order valence-electron chi connectivity index (χ2n) is 1.73. The Morgan fingerprint density at radius 3 is 3.09 bits per heavy atom. The number of aromatic hydroxyl groups is 1. The van der Waals surface area contributed by atoms with Crippen LogP contribution in [0.1, 0.15) is 16.7 Å². The van der Waals surface area contributed by atoms with E-state index in [0.717, 1.165) is 11.3 Å². The first-order valence-electron chi connectivity index (χ1n) is 3.05. The van der Waals surface area contributed by atoms with Gasteiger partial charge < -0.3 is 9.84 Å². The summed E-state index contributed by atoms with van der Waals surface area (Å²) in [5, 5.41) is 10.3. The van der Waals surface area contributed by atoms with Crippen LogP contribution in [0.15, 0.2) is 5.38 Å². The normalized spacial score (nSPS) is 9.55. The molecule has 0 aliphatic carbocycles. The predicted octanol–water partition coefficient (Wildman–Crippen LogP) is 1.03. The molecule has 0 fully saturated rings. The molecule has 1 aromatic heterocycles. The molecule has 60 valence electrons. The number of rotatable bonds is 2. The molecule has 0 saturated carbocycles. The van der Waals surface area contributed by atoms with Crippen molar-refractivity contribution in [3.63, 3.8) is 0 Å². The van der Waals surface area contributed by atoms with Crippen molar-refractivity contribution >= 4 is 17.3 Å². The van der Waals surface area contributed by atoms with Gasteiger partial charge in [0.25, 0.3) is 0 Å². The lowest BCUT2D eigenvalue weighted by Crippen LogP contribution is -2.03. The van der Waals surface area contributed by atoms with Crippen molar-refractivity contribution in [1.82, 2.24) is 4.98 Å². The van der Waals surface area contributed by atoms with Crippen LogP contribution < -0.4 is 0 Å². The minimum absolute atomic E-state index is 0.141. The summed E-state index contributed by atoms with van der Waals surface area (Å²) in [6.07, 6.45) is 0. The van der Waals surface area contributed by atoms with Gasteiger partial charge in [-0.2, -0.15) is 4.98 Å². The molecule has 0 aromatic carbocycles. The molecular weight excluding hydrogens is 166 g/mol. The van der Waals surface area contributed by atoms with Crippen LogP contribution in [0.2, 0.25) is 0 Å². The maximum absolute atomic E-state index is 10.9. The summed E-state index contributed by atoms with van der Waals surface area (Å²) in [6, 6.07) is 0. The highest BCUT2D eigenvalue weighted by Crippen LogP contribution is 2.14. The Morgan fingerprint density at radius 1 is 1.91 bits per heavy atom. The van der Waals surface area contributed by atoms with Gasteiger partial charge in [-0.05, 0) is 6.92 Å². The summed E-state index contributed by atoms with van der Waals surface area (Å²) < 4.78 is 4.64. The Morgan fingerprint density at radius 2 is 2.64 bits per heavy atom. The zero-order chi connectivity index (χ0) is 8.27. The summed E-state index contributed by atoms with van der Waals surface area (Å²) in [7, 11) is 0. The van der Waals surface area contributed by atoms with Crippen molar-refractivity contribution in [2.24, 2.45) is 0 Å². The van der Waals surface area contributed by atoms with Crippen LogP contribution in [0.5, 0.6) is 5.88 Å². The fraction of sp³-hybridized carbons (Fsp3) is 0.333. The van der Waals surface area contributed by atoms with Gasteiger partial charge in [-0.25, -0.2) is 4.79 Å². The van der Waals surface area contributed by atoms with Crippen LogP contribution >= 0.6 is 11.3 Å². The highest BCUT2D eigenvalue weighted by Gasteiger charge is 2.10. The molecule has 0 aliphatic heterocycles. The molecule has 0 atom stereocenters. The summed E-state index contributed by atoms with van der Waals surface area (Å²) in [6.45, 7) is 2.03. The highest BCUT2D eigenvalue weighted by molar-refractivity contribution is 7.11. The van der Waals surface area contributed by atoms with Crippen molar-refractivity contribution in [2.45, 2.75) is 6.92 Å². The molecule has 1 rings (SSSR count). The fourth-order valence-electron chi connectivity index (χ4n) is 0.552. The van der Waals surface area contributed by atoms with Gasteiger partial charge in [-0.1, -0.05) is 0 Å². The van der Waals surface area contributed by atoms with E-state index in [-0.39, 0.29) is 10.9 Å². The second-order valence-corrected chi connectivity index (χ2v) is 2.59. The summed E-state index contributed by atoms with van der Waals surface area (Å²) in [5.41, 5.74) is 0. The molecule has 0 spiro atoms. The monoisotopic (exact) mass is 173 g/mol. The lowest BCUT2D eigenvalue weighted by Gasteiger charge is -1.94. The van der Waals surface area contributed by atoms with Crippen LogP contribution in [0.4, 0.5) is 0 Å². The Bertz CT molecular complexity index is 258. The lowest BCUT2D eigenvalue weighted by molar-refractivity contribution is 0.0525. The first-order chi connectivity index (χ1) is 5.24. The number of ether oxygens (including phenoxy) is 1. The van der Waals surface area contributed by atoms with Crippen LogP contribution in [0.3, 0.4) is 0 Å². The molecule has 11 heavy (non-hydrogen) atoms. The maximum Gasteiger partial charge on any atom is 0.367 e. The van der Waals surface area contributed by atoms with E-state index in [2.05, 4.69) is 9.72 Å². The highest BCUT2D eigenvalue weighted by atomic mass is 32.1. The summed E-state index contributed by atoms with van der Waals surface area (Å²) in [4.78, 5) is 14.4. The second kappa shape index (κ2) is 3.34. The largest absolute Gasteiger partial charge is 0.493 e. The third-order valence-electron chi connectivity index (χ3n) is 0.942. The number of aromatic nitrogens is 1. The van der Waals surface area contributed by atoms with Crippen molar-refractivity contribution in [2.75, 3.05) is 6.61 Å². The van der Waals surface area contributed by atoms with Gasteiger partial charge in [-0.15, -0.1) is 11.3 Å². The number of hydrogen-bond donors (Lipinski definition) is 1. The van der Waals surface area contributed by atoms with Gasteiger partial charge in [0.2, 0.25) is 10.9 Å². The summed E-state index contributed by atoms with van der Waals surface area (Å²) in [5.74, 6) is -0.629. The third-order valence-corrected chi connectivity index (χ3v) is 1.75. The van der Waals surface area contributed by atoms with Gasteiger partial charge in [0, 0.05) is 0 Å². The number of hydrogen-bond acceptors (Lipinski definition) is 5. The van der Waals surface area contributed by atoms with Crippen LogP contribution in [-0.4, -0.2) is 22.7 Å². The molecule has 4 nitrogen and oxygen atoms in total. The molecule has 1 N–H and O–H groups in total. The number of nitrogens with zero attached hydrogens (tertiary/aromatic N) is 1. The van der Waals surface area contributed by atoms with E-state index in [1.807, 2.05) is 0 Å². The molecular formula is C6H7NO3S. The zero-order valence-corrected chi connectivity index (χ0v) is 6.72. The first-order valence-corrected chi connectivity index (χ1v) is 3.93. The topological polar surface area (TPSA) is 59.4 Å². The van der Waals surface area contributed by atoms with Gasteiger partial charge in [0.15, 0.2) is 0 Å². The third kappa shape index (κ3) is 1.91. The standard InChI is InChI=1S/C6H7NO3S/c1-2-10-6(9)5-7-4(8)3-11-5/h3,8H,2H2,1H3. The molecule has 0 radical (unpaired) electrons. The molecule has 0 aliphatic rings. The van der Waals surface area contributed by atoms with Crippen molar-refractivity contribution < 1.29 is 14.6 Å². The Labute approximate surface area is 67.5 Å². The van der Waals surface area contributed by atoms with Crippen LogP contribution in [0.25, 0.3) is 0 Å². The quantitative estimate of drug-likeness (QED) is 0.678. The number of thiazole rings is 1. The average Bonchev–Trinajstić information content (AvgIpc) is 2.36. The van der Waals surface area contributed by atoms with E-state index in [4.69, 9.17) is 5.11 Å². The smallest absolute Gasteiger partial charge is 0.367 e. The minimum Gasteiger partial charge on any atom is -0.493 e. The van der Waals surface area contributed by atoms with Crippen molar-refractivity contribution in [3.05, 3.63) is 10.4 Å². The molecule has 1 heterocycles. The first kappa shape index (κ1) is 8.00. The molecule has 1 aromatic rings. The minimum atomic E-state index is -0.488. The van der Waals surface area contributed by atoms with E-state index >= 15 is 0 Å². The fourth-order valence-corrected chi connectivity index (χ4v) is 1.12. The van der Waals surface area contributed by atoms with Gasteiger partial charge in [0.1, 0.15) is 0 Å². The van der Waals surface area contributed by atoms with E-state index in [1.54, 1.807) is 6.92 Å². The predicted molar refractivity (Wildman–Crippen MR) is 39.7 cm³/mol. The Kier molecular flexibility index (Phi) is 2.43. The van der Waals surface area contributed by atoms with Crippen LogP contribution in [-0.2, 0) is 4.74 Å². The number of esters is 1. The average molecular weight is 173 g/mol. The van der Waals surface area contributed by atoms with E-state index in [0.29, 0.717) is 6.61 Å². The SMILES string of the molecule is CCOC(=O)c1nc(O)cs1. The van der Waals surface area contributed by atoms with Crippen molar-refractivity contribution in [1.29, 1.82) is 0 Å². The summed E-state index contributed by atoms with van der Waals surface area (Å²) >= 11 is 1.06. The number of carbonyl (C=O) groups excluding carboxylic acids is 1. The van der Waals surface area contributed by atoms with Gasteiger partial charge in [0.05, 0.1) is 12.0 Å². The lowest BCUT2D eigenvalue weighted by atomic mass is 10.7. The Hall–Kier alpha value is -1.10. The molecule has 0 amide bonds. The maximum atomic E-state index is 10.9. The zero-order valence-electron chi connectivity index (χ0n) is 5.90. The van der Waals surface area contributed by atoms with Crippen LogP contribution in [0, 0.1) is 0 Å². The molecule has 5 heteroatoms. The molecule has 0 bridgehead atoms. The van der Waals surface area contributed by atoms with Gasteiger partial charge >= 0.3 is 5.97 Å². The number of carbonyl (C=O) groups is 1.